The van der Waals surface area contributed by atoms with Gasteiger partial charge in [-0.25, -0.2) is 0 Å². The lowest BCUT2D eigenvalue weighted by Gasteiger charge is -2.37. The van der Waals surface area contributed by atoms with Crippen molar-refractivity contribution < 1.29 is 31.1 Å². The van der Waals surface area contributed by atoms with Gasteiger partial charge in [0.25, 0.3) is 5.91 Å². The number of hydrogen-bond acceptors (Lipinski definition) is 3. The maximum absolute atomic E-state index is 13.4. The number of alkyl halides is 6. The number of benzene rings is 3. The predicted molar refractivity (Wildman–Crippen MR) is 162 cm³/mol. The van der Waals surface area contributed by atoms with E-state index in [1.165, 1.54) is 18.3 Å². The molecule has 0 unspecified atom stereocenters. The van der Waals surface area contributed by atoms with E-state index in [4.69, 9.17) is 23.2 Å². The van der Waals surface area contributed by atoms with E-state index in [-0.39, 0.29) is 18.5 Å². The van der Waals surface area contributed by atoms with Gasteiger partial charge in [-0.05, 0) is 66.9 Å². The summed E-state index contributed by atoms with van der Waals surface area (Å²) in [6.45, 7) is 6.13. The number of hydrogen-bond donors (Lipinski definition) is 0. The summed E-state index contributed by atoms with van der Waals surface area (Å²) >= 11 is 12.4. The first-order valence-electron chi connectivity index (χ1n) is 14.2. The average Bonchev–Trinajstić information content (AvgIpc) is 2.99. The summed E-state index contributed by atoms with van der Waals surface area (Å²) in [6, 6.07) is 14.3. The molecule has 0 saturated carbocycles. The number of piperazine rings is 1. The molecule has 0 aliphatic carbocycles. The third kappa shape index (κ3) is 8.40. The SMILES string of the molecule is CCc1ccccc1N1CCN(CC[C@H](CN(C)C(=O)c2cc(C(F)(F)F)cc(C(F)(F)F)c2)c2ccc(Cl)c(Cl)c2)CC1. The predicted octanol–water partition coefficient (Wildman–Crippen LogP) is 8.66. The highest BCUT2D eigenvalue weighted by Gasteiger charge is 2.38. The molecule has 1 heterocycles. The number of carbonyl (C=O) groups excluding carboxylic acids is 1. The molecule has 1 saturated heterocycles. The minimum absolute atomic E-state index is 0.00981. The number of carbonyl (C=O) groups is 1. The number of aryl methyl sites for hydroxylation is 1. The van der Waals surface area contributed by atoms with Crippen molar-refractivity contribution in [3.05, 3.63) is 98.5 Å². The molecule has 4 nitrogen and oxygen atoms in total. The highest BCUT2D eigenvalue weighted by Crippen LogP contribution is 2.37. The van der Waals surface area contributed by atoms with E-state index in [1.807, 2.05) is 12.1 Å². The summed E-state index contributed by atoms with van der Waals surface area (Å²) < 4.78 is 80.5. The summed E-state index contributed by atoms with van der Waals surface area (Å²) in [7, 11) is 1.37. The molecule has 238 valence electrons. The molecule has 1 atom stereocenters. The van der Waals surface area contributed by atoms with Crippen molar-refractivity contribution in [2.24, 2.45) is 0 Å². The number of nitrogens with zero attached hydrogens (tertiary/aromatic N) is 3. The van der Waals surface area contributed by atoms with Crippen LogP contribution in [-0.4, -0.2) is 62.0 Å². The van der Waals surface area contributed by atoms with Gasteiger partial charge in [-0.2, -0.15) is 26.3 Å². The van der Waals surface area contributed by atoms with Crippen LogP contribution in [0.1, 0.15) is 51.9 Å². The highest BCUT2D eigenvalue weighted by molar-refractivity contribution is 6.42. The van der Waals surface area contributed by atoms with E-state index in [9.17, 15) is 31.1 Å². The molecule has 3 aromatic rings. The van der Waals surface area contributed by atoms with Gasteiger partial charge >= 0.3 is 12.4 Å². The Balaban J connectivity index is 1.50. The number of para-hydroxylation sites is 1. The summed E-state index contributed by atoms with van der Waals surface area (Å²) in [5, 5.41) is 0.643. The Hall–Kier alpha value is -2.95. The fourth-order valence-electron chi connectivity index (χ4n) is 5.51. The zero-order valence-corrected chi connectivity index (χ0v) is 25.8. The fourth-order valence-corrected chi connectivity index (χ4v) is 5.82. The van der Waals surface area contributed by atoms with Crippen LogP contribution in [0.4, 0.5) is 32.0 Å². The lowest BCUT2D eigenvalue weighted by Crippen LogP contribution is -2.47. The molecule has 3 aromatic carbocycles. The van der Waals surface area contributed by atoms with Gasteiger partial charge in [0.05, 0.1) is 21.2 Å². The van der Waals surface area contributed by atoms with E-state index in [2.05, 4.69) is 28.9 Å². The van der Waals surface area contributed by atoms with Crippen LogP contribution in [-0.2, 0) is 18.8 Å². The Morgan fingerprint density at radius 2 is 1.48 bits per heavy atom. The molecule has 1 fully saturated rings. The van der Waals surface area contributed by atoms with Crippen molar-refractivity contribution >= 4 is 34.8 Å². The van der Waals surface area contributed by atoms with E-state index in [1.54, 1.807) is 18.2 Å². The molecular formula is C32H33Cl2F6N3O. The quantitative estimate of drug-likeness (QED) is 0.215. The largest absolute Gasteiger partial charge is 0.416 e. The Morgan fingerprint density at radius 3 is 2.05 bits per heavy atom. The number of amides is 1. The molecule has 4 rings (SSSR count). The number of anilines is 1. The highest BCUT2D eigenvalue weighted by atomic mass is 35.5. The summed E-state index contributed by atoms with van der Waals surface area (Å²) in [6.07, 6.45) is -8.61. The minimum Gasteiger partial charge on any atom is -0.369 e. The van der Waals surface area contributed by atoms with Gasteiger partial charge < -0.3 is 9.80 Å². The van der Waals surface area contributed by atoms with Gasteiger partial charge in [0.2, 0.25) is 0 Å². The van der Waals surface area contributed by atoms with Gasteiger partial charge in [-0.15, -0.1) is 0 Å². The zero-order valence-electron chi connectivity index (χ0n) is 24.3. The minimum atomic E-state index is -5.06. The molecule has 1 aliphatic heterocycles. The first kappa shape index (κ1) is 33.9. The molecule has 0 N–H and O–H groups in total. The maximum Gasteiger partial charge on any atom is 0.416 e. The Bertz CT molecular complexity index is 1420. The molecule has 0 bridgehead atoms. The monoisotopic (exact) mass is 659 g/mol. The second-order valence-electron chi connectivity index (χ2n) is 11.0. The number of likely N-dealkylation sites (N-methyl/N-ethyl adjacent to an activating group) is 1. The van der Waals surface area contributed by atoms with Gasteiger partial charge in [-0.1, -0.05) is 54.4 Å². The summed E-state index contributed by atoms with van der Waals surface area (Å²) in [5.41, 5.74) is -0.486. The second kappa shape index (κ2) is 14.0. The van der Waals surface area contributed by atoms with Crippen LogP contribution in [0.2, 0.25) is 10.0 Å². The lowest BCUT2D eigenvalue weighted by molar-refractivity contribution is -0.143. The molecule has 0 spiro atoms. The van der Waals surface area contributed by atoms with Gasteiger partial charge in [0.1, 0.15) is 0 Å². The van der Waals surface area contributed by atoms with Crippen LogP contribution in [0.3, 0.4) is 0 Å². The third-order valence-corrected chi connectivity index (χ3v) is 8.71. The molecule has 1 amide bonds. The van der Waals surface area contributed by atoms with Crippen molar-refractivity contribution in [3.63, 3.8) is 0 Å². The Kier molecular flexibility index (Phi) is 10.8. The summed E-state index contributed by atoms with van der Waals surface area (Å²) in [4.78, 5) is 19.1. The van der Waals surface area contributed by atoms with Crippen LogP contribution in [0.25, 0.3) is 0 Å². The molecular weight excluding hydrogens is 627 g/mol. The van der Waals surface area contributed by atoms with Gasteiger partial charge in [0.15, 0.2) is 0 Å². The number of halogens is 8. The van der Waals surface area contributed by atoms with Crippen LogP contribution in [0.5, 0.6) is 0 Å². The van der Waals surface area contributed by atoms with E-state index in [0.717, 1.165) is 43.1 Å². The first-order valence-corrected chi connectivity index (χ1v) is 15.0. The zero-order chi connectivity index (χ0) is 32.2. The van der Waals surface area contributed by atoms with Crippen molar-refractivity contribution in [2.45, 2.75) is 38.0 Å². The first-order chi connectivity index (χ1) is 20.7. The topological polar surface area (TPSA) is 26.8 Å². The van der Waals surface area contributed by atoms with Crippen LogP contribution < -0.4 is 4.90 Å². The van der Waals surface area contributed by atoms with Crippen molar-refractivity contribution in [3.8, 4) is 0 Å². The van der Waals surface area contributed by atoms with Crippen LogP contribution in [0.15, 0.2) is 60.7 Å². The maximum atomic E-state index is 13.4. The van der Waals surface area contributed by atoms with E-state index >= 15 is 0 Å². The smallest absolute Gasteiger partial charge is 0.369 e. The van der Waals surface area contributed by atoms with Crippen LogP contribution in [0, 0.1) is 0 Å². The van der Waals surface area contributed by atoms with Gasteiger partial charge in [-0.3, -0.25) is 9.69 Å². The molecule has 1 aliphatic rings. The molecule has 0 radical (unpaired) electrons. The van der Waals surface area contributed by atoms with Crippen molar-refractivity contribution in [2.75, 3.05) is 51.2 Å². The number of rotatable bonds is 9. The second-order valence-corrected chi connectivity index (χ2v) is 11.8. The van der Waals surface area contributed by atoms with E-state index in [0.29, 0.717) is 35.1 Å². The Morgan fingerprint density at radius 1 is 0.864 bits per heavy atom. The Labute approximate surface area is 263 Å². The molecule has 44 heavy (non-hydrogen) atoms. The van der Waals surface area contributed by atoms with E-state index < -0.39 is 35.0 Å². The third-order valence-electron chi connectivity index (χ3n) is 7.97. The fraction of sp³-hybridized carbons (Fsp3) is 0.406. The van der Waals surface area contributed by atoms with Gasteiger partial charge in [0, 0.05) is 56.9 Å². The van der Waals surface area contributed by atoms with Crippen molar-refractivity contribution in [1.29, 1.82) is 0 Å². The lowest BCUT2D eigenvalue weighted by atomic mass is 9.94. The average molecular weight is 661 g/mol. The normalized spacial score (nSPS) is 15.4. The van der Waals surface area contributed by atoms with Crippen LogP contribution >= 0.6 is 23.2 Å². The van der Waals surface area contributed by atoms with Crippen molar-refractivity contribution in [1.82, 2.24) is 9.80 Å². The summed E-state index contributed by atoms with van der Waals surface area (Å²) in [5.74, 6) is -1.26. The molecule has 12 heteroatoms. The standard InChI is InChI=1S/C32H33Cl2F6N3O/c1-3-21-6-4-5-7-29(21)43-14-12-42(13-15-43)11-10-23(22-8-9-27(33)28(34)18-22)20-41(2)30(44)24-16-25(31(35,36)37)19-26(17-24)32(38,39)40/h4-9,16-19,23H,3,10-15,20H2,1-2H3/t23-/m1/s1. The molecule has 0 aromatic heterocycles.